The van der Waals surface area contributed by atoms with Gasteiger partial charge in [-0.25, -0.2) is 4.79 Å². The van der Waals surface area contributed by atoms with Crippen LogP contribution in [0.5, 0.6) is 11.5 Å². The third kappa shape index (κ3) is 2.59. The van der Waals surface area contributed by atoms with Crippen LogP contribution in [0.3, 0.4) is 0 Å². The molecule has 0 spiro atoms. The molecule has 0 bridgehead atoms. The number of carbonyl (C=O) groups is 1. The summed E-state index contributed by atoms with van der Waals surface area (Å²) in [7, 11) is 3.10. The van der Waals surface area contributed by atoms with Crippen molar-refractivity contribution in [1.29, 1.82) is 0 Å². The molecule has 0 amide bonds. The van der Waals surface area contributed by atoms with Crippen LogP contribution in [0.25, 0.3) is 11.8 Å². The maximum atomic E-state index is 11.9. The molecule has 1 aliphatic heterocycles. The van der Waals surface area contributed by atoms with E-state index in [-0.39, 0.29) is 5.56 Å². The van der Waals surface area contributed by atoms with Crippen molar-refractivity contribution in [2.75, 3.05) is 14.2 Å². The topological polar surface area (TPSA) is 77.6 Å². The summed E-state index contributed by atoms with van der Waals surface area (Å²) < 4.78 is 15.7. The van der Waals surface area contributed by atoms with Crippen molar-refractivity contribution in [1.82, 2.24) is 4.98 Å². The smallest absolute Gasteiger partial charge is 0.349 e. The van der Waals surface area contributed by atoms with Crippen molar-refractivity contribution in [3.8, 4) is 11.5 Å². The summed E-state index contributed by atoms with van der Waals surface area (Å²) in [5.74, 6) is 0.860. The molecule has 0 radical (unpaired) electrons. The van der Waals surface area contributed by atoms with Crippen LogP contribution in [0, 0.1) is 6.92 Å². The Balaban J connectivity index is 2.10. The predicted molar refractivity (Wildman–Crippen MR) is 84.6 cm³/mol. The molecule has 2 aromatic rings. The lowest BCUT2D eigenvalue weighted by Gasteiger charge is -2.08. The number of esters is 1. The summed E-state index contributed by atoms with van der Waals surface area (Å²) in [6.07, 6.45) is 1.69. The number of rotatable bonds is 3. The molecule has 23 heavy (non-hydrogen) atoms. The first kappa shape index (κ1) is 14.9. The molecule has 3 rings (SSSR count). The number of nitrogens with one attached hydrogen (secondary N) is 1. The van der Waals surface area contributed by atoms with E-state index in [1.54, 1.807) is 51.5 Å². The normalized spacial score (nSPS) is 14.6. The number of aryl methyl sites for hydroxylation is 1. The Morgan fingerprint density at radius 2 is 1.83 bits per heavy atom. The first-order valence-electron chi connectivity index (χ1n) is 6.93. The second-order valence-corrected chi connectivity index (χ2v) is 5.08. The van der Waals surface area contributed by atoms with Crippen LogP contribution in [0.15, 0.2) is 29.1 Å². The summed E-state index contributed by atoms with van der Waals surface area (Å²) >= 11 is 0. The van der Waals surface area contributed by atoms with Crippen LogP contribution in [0.1, 0.15) is 27.2 Å². The highest BCUT2D eigenvalue weighted by Gasteiger charge is 2.30. The van der Waals surface area contributed by atoms with Gasteiger partial charge in [0.1, 0.15) is 11.3 Å². The van der Waals surface area contributed by atoms with E-state index in [0.717, 1.165) is 5.56 Å². The monoisotopic (exact) mass is 313 g/mol. The number of aromatic amines is 1. The van der Waals surface area contributed by atoms with Crippen molar-refractivity contribution in [3.63, 3.8) is 0 Å². The van der Waals surface area contributed by atoms with Crippen molar-refractivity contribution >= 4 is 17.8 Å². The zero-order valence-corrected chi connectivity index (χ0v) is 12.9. The lowest BCUT2D eigenvalue weighted by atomic mass is 10.1. The summed E-state index contributed by atoms with van der Waals surface area (Å²) in [5.41, 5.74) is 1.50. The molecule has 6 heteroatoms. The second kappa shape index (κ2) is 5.64. The number of hydrogen-bond donors (Lipinski definition) is 1. The van der Waals surface area contributed by atoms with E-state index < -0.39 is 11.5 Å². The van der Waals surface area contributed by atoms with Gasteiger partial charge in [0.15, 0.2) is 11.5 Å². The summed E-state index contributed by atoms with van der Waals surface area (Å²) in [4.78, 5) is 26.4. The van der Waals surface area contributed by atoms with Gasteiger partial charge < -0.3 is 19.2 Å². The van der Waals surface area contributed by atoms with Gasteiger partial charge in [-0.1, -0.05) is 6.07 Å². The Kier molecular flexibility index (Phi) is 3.65. The van der Waals surface area contributed by atoms with Gasteiger partial charge in [-0.3, -0.25) is 4.79 Å². The molecule has 6 nitrogen and oxygen atoms in total. The molecule has 1 aliphatic rings. The molecule has 1 aromatic heterocycles. The molecular weight excluding hydrogens is 298 g/mol. The molecule has 0 atom stereocenters. The first-order chi connectivity index (χ1) is 11.0. The molecule has 118 valence electrons. The zero-order valence-electron chi connectivity index (χ0n) is 12.9. The summed E-state index contributed by atoms with van der Waals surface area (Å²) in [6, 6.07) is 7.04. The minimum absolute atomic E-state index is 0.0299. The average Bonchev–Trinajstić information content (AvgIpc) is 2.83. The highest BCUT2D eigenvalue weighted by atomic mass is 16.5. The fourth-order valence-electron chi connectivity index (χ4n) is 2.49. The van der Waals surface area contributed by atoms with Crippen molar-refractivity contribution in [3.05, 3.63) is 57.0 Å². The highest BCUT2D eigenvalue weighted by molar-refractivity contribution is 6.05. The number of H-pyrrole nitrogens is 1. The lowest BCUT2D eigenvalue weighted by Crippen LogP contribution is -2.16. The van der Waals surface area contributed by atoms with Gasteiger partial charge in [-0.05, 0) is 36.8 Å². The van der Waals surface area contributed by atoms with E-state index in [9.17, 15) is 9.59 Å². The van der Waals surface area contributed by atoms with E-state index in [4.69, 9.17) is 14.2 Å². The number of cyclic esters (lactones) is 1. The molecule has 0 saturated carbocycles. The number of carbonyl (C=O) groups excluding carboxylic acids is 1. The first-order valence-corrected chi connectivity index (χ1v) is 6.93. The molecule has 2 heterocycles. The Morgan fingerprint density at radius 1 is 1.09 bits per heavy atom. The van der Waals surface area contributed by atoms with Crippen LogP contribution in [0.4, 0.5) is 0 Å². The van der Waals surface area contributed by atoms with Crippen molar-refractivity contribution < 1.29 is 19.0 Å². The lowest BCUT2D eigenvalue weighted by molar-refractivity contribution is 0.0715. The van der Waals surface area contributed by atoms with Gasteiger partial charge in [0.05, 0.1) is 14.2 Å². The Hall–Kier alpha value is -3.02. The van der Waals surface area contributed by atoms with Crippen molar-refractivity contribution in [2.24, 2.45) is 0 Å². The standard InChI is InChI=1S/C17H15NO5/c1-9-6-11-13(23-17(20)15(11)16(19)18-9)7-10-4-5-12(21-2)14(8-10)22-3/h4-8H,1-3H3,(H,18,19)/b13-7-. The molecule has 1 aromatic carbocycles. The van der Waals surface area contributed by atoms with Gasteiger partial charge in [0, 0.05) is 11.3 Å². The quantitative estimate of drug-likeness (QED) is 0.880. The maximum Gasteiger partial charge on any atom is 0.349 e. The Morgan fingerprint density at radius 3 is 2.52 bits per heavy atom. The number of benzene rings is 1. The van der Waals surface area contributed by atoms with E-state index >= 15 is 0 Å². The molecule has 0 aliphatic carbocycles. The molecular formula is C17H15NO5. The van der Waals surface area contributed by atoms with E-state index in [2.05, 4.69) is 4.98 Å². The van der Waals surface area contributed by atoms with Gasteiger partial charge in [-0.15, -0.1) is 0 Å². The van der Waals surface area contributed by atoms with Crippen LogP contribution in [0.2, 0.25) is 0 Å². The zero-order chi connectivity index (χ0) is 16.6. The number of hydrogen-bond acceptors (Lipinski definition) is 5. The maximum absolute atomic E-state index is 11.9. The number of methoxy groups -OCH3 is 2. The van der Waals surface area contributed by atoms with E-state index in [1.807, 2.05) is 0 Å². The highest BCUT2D eigenvalue weighted by Crippen LogP contribution is 2.32. The number of pyridine rings is 1. The largest absolute Gasteiger partial charge is 0.493 e. The predicted octanol–water partition coefficient (Wildman–Crippen LogP) is 2.37. The number of aromatic nitrogens is 1. The fourth-order valence-corrected chi connectivity index (χ4v) is 2.49. The van der Waals surface area contributed by atoms with Crippen LogP contribution < -0.4 is 15.0 Å². The summed E-state index contributed by atoms with van der Waals surface area (Å²) in [6.45, 7) is 1.75. The molecule has 0 saturated heterocycles. The fraction of sp³-hybridized carbons (Fsp3) is 0.176. The van der Waals surface area contributed by atoms with E-state index in [1.165, 1.54) is 0 Å². The second-order valence-electron chi connectivity index (χ2n) is 5.08. The van der Waals surface area contributed by atoms with E-state index in [0.29, 0.717) is 28.5 Å². The van der Waals surface area contributed by atoms with Crippen LogP contribution in [-0.4, -0.2) is 25.2 Å². The molecule has 0 fully saturated rings. The Bertz CT molecular complexity index is 879. The van der Waals surface area contributed by atoms with Gasteiger partial charge in [0.2, 0.25) is 0 Å². The van der Waals surface area contributed by atoms with Gasteiger partial charge in [0.25, 0.3) is 5.56 Å². The third-order valence-electron chi connectivity index (χ3n) is 3.55. The van der Waals surface area contributed by atoms with Gasteiger partial charge >= 0.3 is 5.97 Å². The number of fused-ring (bicyclic) bond motifs is 1. The minimum atomic E-state index is -0.645. The SMILES string of the molecule is COc1ccc(/C=C2\OC(=O)c3c2cc(C)[nH]c3=O)cc1OC. The third-order valence-corrected chi connectivity index (χ3v) is 3.55. The Labute approximate surface area is 132 Å². The average molecular weight is 313 g/mol. The van der Waals surface area contributed by atoms with Crippen LogP contribution in [-0.2, 0) is 4.74 Å². The number of ether oxygens (including phenoxy) is 3. The van der Waals surface area contributed by atoms with Crippen LogP contribution >= 0.6 is 0 Å². The summed E-state index contributed by atoms with van der Waals surface area (Å²) in [5, 5.41) is 0. The molecule has 1 N–H and O–H groups in total. The van der Waals surface area contributed by atoms with Gasteiger partial charge in [-0.2, -0.15) is 0 Å². The minimum Gasteiger partial charge on any atom is -0.493 e. The van der Waals surface area contributed by atoms with Crippen molar-refractivity contribution in [2.45, 2.75) is 6.92 Å². The molecule has 0 unspecified atom stereocenters.